The highest BCUT2D eigenvalue weighted by atomic mass is 35.5. The number of aromatic nitrogens is 2. The Balaban J connectivity index is 1.31. The number of aryl methyl sites for hydroxylation is 2. The second-order valence-electron chi connectivity index (χ2n) is 8.65. The molecular weight excluding hydrogens is 386 g/mol. The predicted molar refractivity (Wildman–Crippen MR) is 110 cm³/mol. The highest BCUT2D eigenvalue weighted by molar-refractivity contribution is 6.30. The Morgan fingerprint density at radius 3 is 2.72 bits per heavy atom. The minimum Gasteiger partial charge on any atom is -0.455 e. The number of fused-ring (bicyclic) bond motifs is 4. The molecule has 1 aromatic carbocycles. The summed E-state index contributed by atoms with van der Waals surface area (Å²) in [5, 5.41) is 5.59. The van der Waals surface area contributed by atoms with Crippen LogP contribution in [-0.2, 0) is 19.4 Å². The standard InChI is InChI=1S/C23H22ClN3O2/c1-13-20-19(29-22(13)23(28)26-10-16-8-17(16)11-26)7-4-15-12-27(25-21(15)20)9-14-2-5-18(24)6-3-14/h2-3,5-6,12,16-17H,4,7-11H2,1H3. The van der Waals surface area contributed by atoms with Crippen molar-refractivity contribution in [3.05, 3.63) is 63.7 Å². The van der Waals surface area contributed by atoms with Gasteiger partial charge in [0.1, 0.15) is 5.76 Å². The van der Waals surface area contributed by atoms with E-state index in [1.54, 1.807) is 0 Å². The fourth-order valence-electron chi connectivity index (χ4n) is 4.93. The van der Waals surface area contributed by atoms with E-state index in [0.717, 1.165) is 70.9 Å². The lowest BCUT2D eigenvalue weighted by atomic mass is 9.93. The first-order valence-electron chi connectivity index (χ1n) is 10.3. The van der Waals surface area contributed by atoms with Gasteiger partial charge in [-0.05, 0) is 54.9 Å². The zero-order chi connectivity index (χ0) is 19.7. The second kappa shape index (κ2) is 6.23. The van der Waals surface area contributed by atoms with Gasteiger partial charge in [-0.1, -0.05) is 23.7 Å². The van der Waals surface area contributed by atoms with Gasteiger partial charge in [0, 0.05) is 41.9 Å². The fourth-order valence-corrected chi connectivity index (χ4v) is 5.06. The monoisotopic (exact) mass is 407 g/mol. The van der Waals surface area contributed by atoms with Crippen molar-refractivity contribution in [2.24, 2.45) is 11.8 Å². The van der Waals surface area contributed by atoms with E-state index in [-0.39, 0.29) is 5.91 Å². The number of carbonyl (C=O) groups excluding carboxylic acids is 1. The quantitative estimate of drug-likeness (QED) is 0.648. The summed E-state index contributed by atoms with van der Waals surface area (Å²) in [5.41, 5.74) is 5.29. The fraction of sp³-hybridized carbons (Fsp3) is 0.391. The highest BCUT2D eigenvalue weighted by Crippen LogP contribution is 2.46. The minimum atomic E-state index is 0.0475. The molecule has 0 bridgehead atoms. The molecule has 148 valence electrons. The van der Waals surface area contributed by atoms with Crippen LogP contribution in [0.5, 0.6) is 0 Å². The van der Waals surface area contributed by atoms with E-state index in [2.05, 4.69) is 6.20 Å². The van der Waals surface area contributed by atoms with Crippen LogP contribution in [0.1, 0.15) is 39.4 Å². The third kappa shape index (κ3) is 2.83. The van der Waals surface area contributed by atoms with Crippen molar-refractivity contribution in [3.63, 3.8) is 0 Å². The molecule has 29 heavy (non-hydrogen) atoms. The van der Waals surface area contributed by atoms with Gasteiger partial charge < -0.3 is 9.32 Å². The second-order valence-corrected chi connectivity index (χ2v) is 9.08. The van der Waals surface area contributed by atoms with Gasteiger partial charge in [0.05, 0.1) is 12.2 Å². The van der Waals surface area contributed by atoms with E-state index in [9.17, 15) is 4.79 Å². The number of likely N-dealkylation sites (tertiary alicyclic amines) is 1. The molecule has 2 fully saturated rings. The van der Waals surface area contributed by atoms with Gasteiger partial charge in [-0.3, -0.25) is 9.48 Å². The Bertz CT molecular complexity index is 1120. The average Bonchev–Trinajstić information content (AvgIpc) is 3.06. The summed E-state index contributed by atoms with van der Waals surface area (Å²) < 4.78 is 8.08. The molecule has 3 aliphatic rings. The largest absolute Gasteiger partial charge is 0.455 e. The van der Waals surface area contributed by atoms with Crippen LogP contribution in [0.25, 0.3) is 11.3 Å². The highest BCUT2D eigenvalue weighted by Gasteiger charge is 2.47. The predicted octanol–water partition coefficient (Wildman–Crippen LogP) is 4.34. The van der Waals surface area contributed by atoms with Crippen LogP contribution in [0.4, 0.5) is 0 Å². The van der Waals surface area contributed by atoms with E-state index in [1.807, 2.05) is 40.8 Å². The lowest BCUT2D eigenvalue weighted by Gasteiger charge is -2.16. The maximum Gasteiger partial charge on any atom is 0.289 e. The van der Waals surface area contributed by atoms with Crippen molar-refractivity contribution in [2.45, 2.75) is 32.7 Å². The molecule has 1 saturated carbocycles. The third-order valence-corrected chi connectivity index (χ3v) is 6.89. The SMILES string of the molecule is Cc1c(C(=O)N2CC3CC3C2)oc2c1-c1nn(Cc3ccc(Cl)cc3)cc1CC2. The Morgan fingerprint density at radius 1 is 1.21 bits per heavy atom. The molecule has 6 heteroatoms. The lowest BCUT2D eigenvalue weighted by molar-refractivity contribution is 0.0741. The summed E-state index contributed by atoms with van der Waals surface area (Å²) >= 11 is 5.99. The number of hydrogen-bond acceptors (Lipinski definition) is 3. The summed E-state index contributed by atoms with van der Waals surface area (Å²) in [7, 11) is 0. The van der Waals surface area contributed by atoms with Crippen LogP contribution in [-0.4, -0.2) is 33.7 Å². The number of nitrogens with zero attached hydrogens (tertiary/aromatic N) is 3. The molecule has 2 atom stereocenters. The van der Waals surface area contributed by atoms with Crippen LogP contribution >= 0.6 is 11.6 Å². The minimum absolute atomic E-state index is 0.0475. The Morgan fingerprint density at radius 2 is 1.97 bits per heavy atom. The Hall–Kier alpha value is -2.53. The number of hydrogen-bond donors (Lipinski definition) is 0. The van der Waals surface area contributed by atoms with Gasteiger partial charge in [-0.15, -0.1) is 0 Å². The zero-order valence-electron chi connectivity index (χ0n) is 16.3. The van der Waals surface area contributed by atoms with E-state index in [1.165, 1.54) is 12.0 Å². The van der Waals surface area contributed by atoms with Crippen LogP contribution in [0, 0.1) is 18.8 Å². The number of piperidine rings is 1. The smallest absolute Gasteiger partial charge is 0.289 e. The van der Waals surface area contributed by atoms with E-state index in [0.29, 0.717) is 12.3 Å². The summed E-state index contributed by atoms with van der Waals surface area (Å²) in [6, 6.07) is 7.85. The van der Waals surface area contributed by atoms with Crippen molar-refractivity contribution in [1.82, 2.24) is 14.7 Å². The molecular formula is C23H22ClN3O2. The molecule has 2 aliphatic carbocycles. The van der Waals surface area contributed by atoms with Gasteiger partial charge in [-0.25, -0.2) is 0 Å². The topological polar surface area (TPSA) is 51.3 Å². The van der Waals surface area contributed by atoms with Crippen LogP contribution in [0.3, 0.4) is 0 Å². The number of halogens is 1. The van der Waals surface area contributed by atoms with Gasteiger partial charge in [0.15, 0.2) is 5.76 Å². The summed E-state index contributed by atoms with van der Waals surface area (Å²) in [4.78, 5) is 15.0. The molecule has 2 unspecified atom stereocenters. The number of rotatable bonds is 3. The summed E-state index contributed by atoms with van der Waals surface area (Å²) in [5.74, 6) is 2.90. The van der Waals surface area contributed by atoms with Crippen LogP contribution < -0.4 is 0 Å². The van der Waals surface area contributed by atoms with Crippen LogP contribution in [0.2, 0.25) is 5.02 Å². The van der Waals surface area contributed by atoms with Gasteiger partial charge in [0.2, 0.25) is 0 Å². The Labute approximate surface area is 174 Å². The summed E-state index contributed by atoms with van der Waals surface area (Å²) in [6.07, 6.45) is 5.10. The zero-order valence-corrected chi connectivity index (χ0v) is 17.1. The van der Waals surface area contributed by atoms with Crippen molar-refractivity contribution in [1.29, 1.82) is 0 Å². The number of carbonyl (C=O) groups is 1. The molecule has 1 saturated heterocycles. The normalized spacial score (nSPS) is 21.7. The molecule has 5 nitrogen and oxygen atoms in total. The first-order valence-corrected chi connectivity index (χ1v) is 10.7. The molecule has 0 radical (unpaired) electrons. The molecule has 6 rings (SSSR count). The van der Waals surface area contributed by atoms with E-state index in [4.69, 9.17) is 21.1 Å². The van der Waals surface area contributed by atoms with Gasteiger partial charge in [0.25, 0.3) is 5.91 Å². The first-order chi connectivity index (χ1) is 14.1. The van der Waals surface area contributed by atoms with Gasteiger partial charge in [-0.2, -0.15) is 5.10 Å². The molecule has 3 heterocycles. The maximum absolute atomic E-state index is 13.0. The molecule has 3 aromatic rings. The average molecular weight is 408 g/mol. The molecule has 0 spiro atoms. The Kier molecular flexibility index (Phi) is 3.73. The lowest BCUT2D eigenvalue weighted by Crippen LogP contribution is -2.30. The van der Waals surface area contributed by atoms with Gasteiger partial charge >= 0.3 is 0 Å². The number of benzene rings is 1. The number of furan rings is 1. The summed E-state index contributed by atoms with van der Waals surface area (Å²) in [6.45, 7) is 4.46. The van der Waals surface area contributed by atoms with Crippen molar-refractivity contribution < 1.29 is 9.21 Å². The van der Waals surface area contributed by atoms with Crippen molar-refractivity contribution in [3.8, 4) is 11.3 Å². The number of amides is 1. The van der Waals surface area contributed by atoms with Crippen molar-refractivity contribution >= 4 is 17.5 Å². The third-order valence-electron chi connectivity index (χ3n) is 6.63. The van der Waals surface area contributed by atoms with Crippen molar-refractivity contribution in [2.75, 3.05) is 13.1 Å². The maximum atomic E-state index is 13.0. The molecule has 0 N–H and O–H groups in total. The molecule has 1 amide bonds. The first kappa shape index (κ1) is 17.3. The van der Waals surface area contributed by atoms with E-state index < -0.39 is 0 Å². The van der Waals surface area contributed by atoms with E-state index >= 15 is 0 Å². The molecule has 1 aliphatic heterocycles. The molecule has 2 aromatic heterocycles. The van der Waals surface area contributed by atoms with Crippen LogP contribution in [0.15, 0.2) is 34.9 Å².